The van der Waals surface area contributed by atoms with E-state index in [2.05, 4.69) is 27.7 Å². The van der Waals surface area contributed by atoms with Gasteiger partial charge in [0.05, 0.1) is 0 Å². The molecule has 1 atom stereocenters. The largest absolute Gasteiger partial charge is 0.462 e. The molecular weight excluding hydrogens is 636 g/mol. The predicted octanol–water partition coefficient (Wildman–Crippen LogP) is 13.9. The second kappa shape index (κ2) is 39.6. The van der Waals surface area contributed by atoms with Gasteiger partial charge < -0.3 is 14.2 Å². The van der Waals surface area contributed by atoms with Gasteiger partial charge in [0, 0.05) is 19.3 Å². The Hall–Kier alpha value is -1.59. The fourth-order valence-corrected chi connectivity index (χ4v) is 6.63. The number of carbonyl (C=O) groups excluding carboxylic acids is 3. The molecule has 0 N–H and O–H groups in total. The van der Waals surface area contributed by atoms with Crippen molar-refractivity contribution in [2.24, 2.45) is 5.92 Å². The van der Waals surface area contributed by atoms with Crippen LogP contribution in [0.3, 0.4) is 0 Å². The second-order valence-electron chi connectivity index (χ2n) is 15.8. The van der Waals surface area contributed by atoms with E-state index >= 15 is 0 Å². The number of esters is 3. The minimum absolute atomic E-state index is 0.0653. The molecule has 0 amide bonds. The van der Waals surface area contributed by atoms with Gasteiger partial charge in [-0.05, 0) is 25.2 Å². The van der Waals surface area contributed by atoms with E-state index in [1.807, 2.05) is 0 Å². The number of unbranched alkanes of at least 4 members (excludes halogenated alkanes) is 27. The number of hydrogen-bond donors (Lipinski definition) is 0. The van der Waals surface area contributed by atoms with Crippen molar-refractivity contribution in [2.75, 3.05) is 13.2 Å². The predicted molar refractivity (Wildman–Crippen MR) is 215 cm³/mol. The fourth-order valence-electron chi connectivity index (χ4n) is 6.63. The average molecular weight is 723 g/mol. The summed E-state index contributed by atoms with van der Waals surface area (Å²) in [4.78, 5) is 37.5. The highest BCUT2D eigenvalue weighted by atomic mass is 16.6. The molecular formula is C45H86O6. The Morgan fingerprint density at radius 2 is 0.647 bits per heavy atom. The monoisotopic (exact) mass is 723 g/mol. The number of carbonyl (C=O) groups is 3. The summed E-state index contributed by atoms with van der Waals surface area (Å²) in [5, 5.41) is 0. The van der Waals surface area contributed by atoms with Crippen molar-refractivity contribution >= 4 is 17.9 Å². The van der Waals surface area contributed by atoms with E-state index in [0.29, 0.717) is 19.3 Å². The third-order valence-corrected chi connectivity index (χ3v) is 10.0. The molecule has 0 bridgehead atoms. The Kier molecular flexibility index (Phi) is 38.4. The van der Waals surface area contributed by atoms with Gasteiger partial charge in [-0.2, -0.15) is 0 Å². The third-order valence-electron chi connectivity index (χ3n) is 10.0. The molecule has 6 heteroatoms. The van der Waals surface area contributed by atoms with Crippen LogP contribution in [0.2, 0.25) is 0 Å². The zero-order chi connectivity index (χ0) is 37.5. The molecule has 0 fully saturated rings. The zero-order valence-corrected chi connectivity index (χ0v) is 34.6. The smallest absolute Gasteiger partial charge is 0.306 e. The van der Waals surface area contributed by atoms with Gasteiger partial charge in [0.25, 0.3) is 0 Å². The quantitative estimate of drug-likeness (QED) is 0.0356. The van der Waals surface area contributed by atoms with Gasteiger partial charge in [-0.3, -0.25) is 14.4 Å². The van der Waals surface area contributed by atoms with Gasteiger partial charge >= 0.3 is 17.9 Å². The lowest BCUT2D eigenvalue weighted by Crippen LogP contribution is -2.30. The van der Waals surface area contributed by atoms with Crippen molar-refractivity contribution in [3.05, 3.63) is 0 Å². The number of rotatable bonds is 40. The number of hydrogen-bond acceptors (Lipinski definition) is 6. The first-order valence-electron chi connectivity index (χ1n) is 22.4. The summed E-state index contributed by atoms with van der Waals surface area (Å²) in [7, 11) is 0. The highest BCUT2D eigenvalue weighted by Crippen LogP contribution is 2.16. The van der Waals surface area contributed by atoms with E-state index in [1.54, 1.807) is 0 Å². The summed E-state index contributed by atoms with van der Waals surface area (Å²) in [5.74, 6) is -0.104. The Morgan fingerprint density at radius 3 is 0.961 bits per heavy atom. The second-order valence-corrected chi connectivity index (χ2v) is 15.8. The summed E-state index contributed by atoms with van der Waals surface area (Å²) in [6, 6.07) is 0. The molecule has 302 valence electrons. The minimum Gasteiger partial charge on any atom is -0.462 e. The lowest BCUT2D eigenvalue weighted by atomic mass is 10.0. The highest BCUT2D eigenvalue weighted by molar-refractivity contribution is 5.71. The molecule has 0 aliphatic rings. The first-order chi connectivity index (χ1) is 24.9. The van der Waals surface area contributed by atoms with Crippen LogP contribution in [-0.4, -0.2) is 37.2 Å². The topological polar surface area (TPSA) is 78.9 Å². The standard InChI is InChI=1S/C45H86O6/c1-5-7-9-11-13-14-15-16-17-18-19-20-21-22-24-28-32-36-43(46)49-39-42(51-45(48)38-34-30-23-12-10-8-6-2)40-50-44(47)37-33-29-26-25-27-31-35-41(3)4/h41-42H,5-40H2,1-4H3/t42-/m0/s1. The maximum Gasteiger partial charge on any atom is 0.306 e. The Labute approximate surface area is 317 Å². The molecule has 0 aromatic heterocycles. The van der Waals surface area contributed by atoms with Crippen LogP contribution in [0.25, 0.3) is 0 Å². The lowest BCUT2D eigenvalue weighted by molar-refractivity contribution is -0.167. The summed E-state index contributed by atoms with van der Waals surface area (Å²) >= 11 is 0. The Bertz CT molecular complexity index is 766. The van der Waals surface area contributed by atoms with Crippen molar-refractivity contribution in [3.63, 3.8) is 0 Å². The summed E-state index contributed by atoms with van der Waals surface area (Å²) < 4.78 is 16.6. The van der Waals surface area contributed by atoms with Crippen LogP contribution >= 0.6 is 0 Å². The minimum atomic E-state index is -0.758. The molecule has 0 aliphatic carbocycles. The van der Waals surface area contributed by atoms with Crippen LogP contribution in [0.15, 0.2) is 0 Å². The molecule has 0 aromatic carbocycles. The molecule has 0 heterocycles. The summed E-state index contributed by atoms with van der Waals surface area (Å²) in [6.07, 6.45) is 38.3. The number of ether oxygens (including phenoxy) is 3. The van der Waals surface area contributed by atoms with Gasteiger partial charge in [-0.15, -0.1) is 0 Å². The summed E-state index contributed by atoms with van der Waals surface area (Å²) in [6.45, 7) is 8.88. The van der Waals surface area contributed by atoms with Gasteiger partial charge in [0.2, 0.25) is 0 Å². The molecule has 6 nitrogen and oxygen atoms in total. The van der Waals surface area contributed by atoms with E-state index in [0.717, 1.165) is 63.7 Å². The van der Waals surface area contributed by atoms with Gasteiger partial charge in [0.1, 0.15) is 13.2 Å². The third kappa shape index (κ3) is 39.5. The first-order valence-corrected chi connectivity index (χ1v) is 22.4. The van der Waals surface area contributed by atoms with E-state index < -0.39 is 6.10 Å². The lowest BCUT2D eigenvalue weighted by Gasteiger charge is -2.18. The SMILES string of the molecule is CCCCCCCCCCCCCCCCCCCC(=O)OC[C@@H](COC(=O)CCCCCCCCC(C)C)OC(=O)CCCCCCCCC. The maximum atomic E-state index is 12.6. The fraction of sp³-hybridized carbons (Fsp3) is 0.933. The van der Waals surface area contributed by atoms with Crippen LogP contribution < -0.4 is 0 Å². The maximum absolute atomic E-state index is 12.6. The van der Waals surface area contributed by atoms with Crippen molar-refractivity contribution < 1.29 is 28.6 Å². The summed E-state index contributed by atoms with van der Waals surface area (Å²) in [5.41, 5.74) is 0. The zero-order valence-electron chi connectivity index (χ0n) is 34.6. The van der Waals surface area contributed by atoms with Crippen LogP contribution in [0.4, 0.5) is 0 Å². The van der Waals surface area contributed by atoms with Crippen LogP contribution in [-0.2, 0) is 28.6 Å². The van der Waals surface area contributed by atoms with Gasteiger partial charge in [0.15, 0.2) is 6.10 Å². The van der Waals surface area contributed by atoms with Gasteiger partial charge in [-0.25, -0.2) is 0 Å². The molecule has 0 unspecified atom stereocenters. The van der Waals surface area contributed by atoms with Gasteiger partial charge in [-0.1, -0.05) is 207 Å². The van der Waals surface area contributed by atoms with Crippen LogP contribution in [0.1, 0.15) is 246 Å². The molecule has 0 radical (unpaired) electrons. The van der Waals surface area contributed by atoms with E-state index in [-0.39, 0.29) is 31.1 Å². The van der Waals surface area contributed by atoms with E-state index in [9.17, 15) is 14.4 Å². The first kappa shape index (κ1) is 49.4. The van der Waals surface area contributed by atoms with Crippen molar-refractivity contribution in [2.45, 2.75) is 252 Å². The van der Waals surface area contributed by atoms with Crippen LogP contribution in [0.5, 0.6) is 0 Å². The molecule has 0 aliphatic heterocycles. The highest BCUT2D eigenvalue weighted by Gasteiger charge is 2.19. The Balaban J connectivity index is 4.17. The molecule has 0 saturated carbocycles. The van der Waals surface area contributed by atoms with Crippen molar-refractivity contribution in [1.29, 1.82) is 0 Å². The molecule has 0 aromatic rings. The van der Waals surface area contributed by atoms with Crippen LogP contribution in [0, 0.1) is 5.92 Å². The molecule has 51 heavy (non-hydrogen) atoms. The average Bonchev–Trinajstić information content (AvgIpc) is 3.11. The van der Waals surface area contributed by atoms with E-state index in [1.165, 1.54) is 141 Å². The normalized spacial score (nSPS) is 11.9. The van der Waals surface area contributed by atoms with E-state index in [4.69, 9.17) is 14.2 Å². The molecule has 0 spiro atoms. The van der Waals surface area contributed by atoms with Crippen molar-refractivity contribution in [1.82, 2.24) is 0 Å². The molecule has 0 saturated heterocycles. The molecule has 0 rings (SSSR count). The Morgan fingerprint density at radius 1 is 0.373 bits per heavy atom. The van der Waals surface area contributed by atoms with Crippen molar-refractivity contribution in [3.8, 4) is 0 Å².